The van der Waals surface area contributed by atoms with Crippen LogP contribution in [-0.2, 0) is 20.7 Å². The molecule has 2 aliphatic rings. The zero-order valence-corrected chi connectivity index (χ0v) is 18.1. The van der Waals surface area contributed by atoms with Crippen molar-refractivity contribution < 1.29 is 19.1 Å². The zero-order chi connectivity index (χ0) is 20.9. The molecule has 4 rings (SSSR count). The van der Waals surface area contributed by atoms with Crippen LogP contribution < -0.4 is 9.64 Å². The van der Waals surface area contributed by atoms with Crippen molar-refractivity contribution in [1.82, 2.24) is 9.88 Å². The second-order valence-electron chi connectivity index (χ2n) is 7.62. The first-order valence-corrected chi connectivity index (χ1v) is 11.3. The van der Waals surface area contributed by atoms with Crippen LogP contribution in [0.4, 0.5) is 5.69 Å². The topological polar surface area (TPSA) is 72.0 Å². The van der Waals surface area contributed by atoms with Crippen LogP contribution in [0.25, 0.3) is 11.3 Å². The molecule has 1 fully saturated rings. The van der Waals surface area contributed by atoms with Gasteiger partial charge in [-0.1, -0.05) is 12.8 Å². The monoisotopic (exact) mass is 429 g/mol. The highest BCUT2D eigenvalue weighted by molar-refractivity contribution is 7.09. The summed E-state index contributed by atoms with van der Waals surface area (Å²) in [5.74, 6) is 0.428. The summed E-state index contributed by atoms with van der Waals surface area (Å²) in [6, 6.07) is 5.70. The molecule has 160 valence electrons. The maximum absolute atomic E-state index is 12.9. The lowest BCUT2D eigenvalue weighted by atomic mass is 10.1. The Balaban J connectivity index is 1.55. The number of aromatic nitrogens is 1. The number of carbonyl (C=O) groups is 2. The van der Waals surface area contributed by atoms with Gasteiger partial charge in [0.1, 0.15) is 12.3 Å². The summed E-state index contributed by atoms with van der Waals surface area (Å²) >= 11 is 1.59. The van der Waals surface area contributed by atoms with Gasteiger partial charge >= 0.3 is 0 Å². The summed E-state index contributed by atoms with van der Waals surface area (Å²) in [5.41, 5.74) is 2.39. The molecule has 2 amide bonds. The molecule has 3 heterocycles. The van der Waals surface area contributed by atoms with Gasteiger partial charge in [-0.3, -0.25) is 14.5 Å². The lowest BCUT2D eigenvalue weighted by Crippen LogP contribution is -2.46. The summed E-state index contributed by atoms with van der Waals surface area (Å²) < 4.78 is 10.7. The smallest absolute Gasteiger partial charge is 0.265 e. The van der Waals surface area contributed by atoms with Gasteiger partial charge in [0.25, 0.3) is 5.91 Å². The highest BCUT2D eigenvalue weighted by atomic mass is 32.1. The maximum Gasteiger partial charge on any atom is 0.265 e. The average Bonchev–Trinajstić information content (AvgIpc) is 3.06. The van der Waals surface area contributed by atoms with Gasteiger partial charge in [0.05, 0.1) is 23.0 Å². The van der Waals surface area contributed by atoms with Gasteiger partial charge in [0.2, 0.25) is 5.91 Å². The summed E-state index contributed by atoms with van der Waals surface area (Å²) in [6.07, 6.45) is 5.14. The molecule has 2 aromatic rings. The van der Waals surface area contributed by atoms with Crippen molar-refractivity contribution >= 4 is 28.8 Å². The third-order valence-electron chi connectivity index (χ3n) is 5.52. The molecule has 0 spiro atoms. The predicted octanol–water partition coefficient (Wildman–Crippen LogP) is 3.13. The standard InChI is InChI=1S/C22H27N3O4S/c1-28-11-8-20-23-17(15-30-20)16-6-7-19-18(12-16)25(22(27)14-29-19)13-21(26)24-9-4-2-3-5-10-24/h6-7,12,15H,2-5,8-11,13-14H2,1H3. The Labute approximate surface area is 180 Å². The Morgan fingerprint density at radius 3 is 2.80 bits per heavy atom. The van der Waals surface area contributed by atoms with E-state index in [4.69, 9.17) is 9.47 Å². The Kier molecular flexibility index (Phi) is 6.64. The lowest BCUT2D eigenvalue weighted by molar-refractivity contribution is -0.132. The van der Waals surface area contributed by atoms with E-state index in [9.17, 15) is 9.59 Å². The molecule has 0 N–H and O–H groups in total. The molecule has 0 atom stereocenters. The number of benzene rings is 1. The second kappa shape index (κ2) is 9.57. The van der Waals surface area contributed by atoms with Crippen LogP contribution in [0.5, 0.6) is 5.75 Å². The van der Waals surface area contributed by atoms with Gasteiger partial charge in [-0.15, -0.1) is 11.3 Å². The van der Waals surface area contributed by atoms with Gasteiger partial charge in [-0.05, 0) is 31.0 Å². The minimum absolute atomic E-state index is 0.000914. The first-order chi connectivity index (χ1) is 14.7. The van der Waals surface area contributed by atoms with Crippen molar-refractivity contribution in [2.24, 2.45) is 0 Å². The van der Waals surface area contributed by atoms with Crippen molar-refractivity contribution in [3.63, 3.8) is 0 Å². The van der Waals surface area contributed by atoms with E-state index >= 15 is 0 Å². The molecule has 7 nitrogen and oxygen atoms in total. The van der Waals surface area contributed by atoms with Crippen molar-refractivity contribution in [2.45, 2.75) is 32.1 Å². The Hall–Kier alpha value is -2.45. The zero-order valence-electron chi connectivity index (χ0n) is 17.3. The Morgan fingerprint density at radius 1 is 1.23 bits per heavy atom. The van der Waals surface area contributed by atoms with Gasteiger partial charge in [0, 0.05) is 37.6 Å². The highest BCUT2D eigenvalue weighted by Crippen LogP contribution is 2.36. The summed E-state index contributed by atoms with van der Waals surface area (Å²) in [5, 5.41) is 3.01. The predicted molar refractivity (Wildman–Crippen MR) is 116 cm³/mol. The van der Waals surface area contributed by atoms with E-state index in [1.807, 2.05) is 28.5 Å². The van der Waals surface area contributed by atoms with Gasteiger partial charge < -0.3 is 14.4 Å². The molecule has 0 radical (unpaired) electrons. The molecule has 2 aliphatic heterocycles. The van der Waals surface area contributed by atoms with Crippen molar-refractivity contribution in [1.29, 1.82) is 0 Å². The number of methoxy groups -OCH3 is 1. The number of rotatable bonds is 6. The third kappa shape index (κ3) is 4.65. The van der Waals surface area contributed by atoms with Crippen molar-refractivity contribution in [3.8, 4) is 17.0 Å². The van der Waals surface area contributed by atoms with E-state index in [1.165, 1.54) is 0 Å². The number of anilines is 1. The Morgan fingerprint density at radius 2 is 2.03 bits per heavy atom. The molecule has 1 aromatic heterocycles. The van der Waals surface area contributed by atoms with E-state index in [-0.39, 0.29) is 25.0 Å². The number of fused-ring (bicyclic) bond motifs is 1. The largest absolute Gasteiger partial charge is 0.482 e. The third-order valence-corrected chi connectivity index (χ3v) is 6.43. The molecular formula is C22H27N3O4S. The maximum atomic E-state index is 12.9. The van der Waals surface area contributed by atoms with Crippen LogP contribution >= 0.6 is 11.3 Å². The van der Waals surface area contributed by atoms with Crippen LogP contribution in [0.15, 0.2) is 23.6 Å². The number of likely N-dealkylation sites (tertiary alicyclic amines) is 1. The van der Waals surface area contributed by atoms with E-state index < -0.39 is 0 Å². The number of nitrogens with zero attached hydrogens (tertiary/aromatic N) is 3. The van der Waals surface area contributed by atoms with E-state index in [0.717, 1.165) is 61.5 Å². The number of carbonyl (C=O) groups excluding carboxylic acids is 2. The fourth-order valence-corrected chi connectivity index (χ4v) is 4.63. The molecule has 0 unspecified atom stereocenters. The van der Waals surface area contributed by atoms with Crippen LogP contribution in [0.3, 0.4) is 0 Å². The van der Waals surface area contributed by atoms with Gasteiger partial charge in [0.15, 0.2) is 6.61 Å². The number of amides is 2. The van der Waals surface area contributed by atoms with E-state index in [1.54, 1.807) is 23.3 Å². The quantitative estimate of drug-likeness (QED) is 0.706. The molecule has 30 heavy (non-hydrogen) atoms. The first-order valence-electron chi connectivity index (χ1n) is 10.4. The number of hydrogen-bond acceptors (Lipinski definition) is 6. The average molecular weight is 430 g/mol. The molecule has 1 saturated heterocycles. The van der Waals surface area contributed by atoms with Crippen LogP contribution in [0, 0.1) is 0 Å². The number of ether oxygens (including phenoxy) is 2. The van der Waals surface area contributed by atoms with Crippen molar-refractivity contribution in [3.05, 3.63) is 28.6 Å². The van der Waals surface area contributed by atoms with Crippen LogP contribution in [0.2, 0.25) is 0 Å². The second-order valence-corrected chi connectivity index (χ2v) is 8.56. The molecule has 0 saturated carbocycles. The molecular weight excluding hydrogens is 402 g/mol. The van der Waals surface area contributed by atoms with E-state index in [0.29, 0.717) is 18.0 Å². The van der Waals surface area contributed by atoms with Gasteiger partial charge in [-0.25, -0.2) is 4.98 Å². The molecule has 1 aromatic carbocycles. The molecule has 8 heteroatoms. The minimum atomic E-state index is -0.193. The molecule has 0 bridgehead atoms. The van der Waals surface area contributed by atoms with E-state index in [2.05, 4.69) is 4.98 Å². The fraction of sp³-hybridized carbons (Fsp3) is 0.500. The summed E-state index contributed by atoms with van der Waals surface area (Å²) in [4.78, 5) is 33.6. The minimum Gasteiger partial charge on any atom is -0.482 e. The van der Waals surface area contributed by atoms with Crippen LogP contribution in [0.1, 0.15) is 30.7 Å². The van der Waals surface area contributed by atoms with Crippen LogP contribution in [-0.4, -0.2) is 61.7 Å². The summed E-state index contributed by atoms with van der Waals surface area (Å²) in [7, 11) is 1.68. The van der Waals surface area contributed by atoms with Gasteiger partial charge in [-0.2, -0.15) is 0 Å². The van der Waals surface area contributed by atoms with Crippen molar-refractivity contribution in [2.75, 3.05) is 44.9 Å². The normalized spacial score (nSPS) is 16.8. The number of thiazole rings is 1. The number of hydrogen-bond donors (Lipinski definition) is 0. The SMILES string of the molecule is COCCc1nc(-c2ccc3c(c2)N(CC(=O)N2CCCCCC2)C(=O)CO3)cs1. The lowest BCUT2D eigenvalue weighted by Gasteiger charge is -2.31. The first kappa shape index (κ1) is 20.8. The molecule has 0 aliphatic carbocycles. The Bertz CT molecular complexity index is 906. The highest BCUT2D eigenvalue weighted by Gasteiger charge is 2.29. The fourth-order valence-electron chi connectivity index (χ4n) is 3.84. The summed E-state index contributed by atoms with van der Waals surface area (Å²) in [6.45, 7) is 2.18.